The van der Waals surface area contributed by atoms with Gasteiger partial charge in [-0.2, -0.15) is 5.10 Å². The molecule has 118 valence electrons. The number of rotatable bonds is 6. The minimum absolute atomic E-state index is 0.476. The zero-order valence-corrected chi connectivity index (χ0v) is 13.6. The molecule has 2 rings (SSSR count). The number of aryl methyl sites for hydroxylation is 1. The van der Waals surface area contributed by atoms with Crippen molar-refractivity contribution in [2.45, 2.75) is 25.8 Å². The number of piperidine rings is 1. The summed E-state index contributed by atoms with van der Waals surface area (Å²) >= 11 is 0. The van der Waals surface area contributed by atoms with Crippen molar-refractivity contribution < 1.29 is 0 Å². The highest BCUT2D eigenvalue weighted by atomic mass is 15.3. The Balaban J connectivity index is 2.03. The van der Waals surface area contributed by atoms with Gasteiger partial charge in [0.1, 0.15) is 0 Å². The second-order valence-corrected chi connectivity index (χ2v) is 5.68. The number of allylic oxidation sites excluding steroid dienone is 5. The van der Waals surface area contributed by atoms with Crippen molar-refractivity contribution in [3.63, 3.8) is 0 Å². The van der Waals surface area contributed by atoms with Gasteiger partial charge in [-0.15, -0.1) is 0 Å². The first-order valence-electron chi connectivity index (χ1n) is 7.77. The van der Waals surface area contributed by atoms with Crippen molar-refractivity contribution in [1.29, 1.82) is 0 Å². The SMILES string of the molecule is C=C/C(=C\C=C(/C)C(=C)NC1CCCNC1)c1ccnn1C. The number of aromatic nitrogens is 2. The number of nitrogens with one attached hydrogen (secondary N) is 2. The highest BCUT2D eigenvalue weighted by Gasteiger charge is 2.13. The van der Waals surface area contributed by atoms with E-state index >= 15 is 0 Å². The Bertz CT molecular complexity index is 586. The first kappa shape index (κ1) is 16.3. The summed E-state index contributed by atoms with van der Waals surface area (Å²) in [4.78, 5) is 0. The van der Waals surface area contributed by atoms with Crippen molar-refractivity contribution in [3.05, 3.63) is 60.6 Å². The van der Waals surface area contributed by atoms with Gasteiger partial charge >= 0.3 is 0 Å². The van der Waals surface area contributed by atoms with E-state index in [-0.39, 0.29) is 0 Å². The van der Waals surface area contributed by atoms with Gasteiger partial charge in [0.05, 0.1) is 5.69 Å². The van der Waals surface area contributed by atoms with E-state index in [1.165, 1.54) is 12.8 Å². The van der Waals surface area contributed by atoms with E-state index in [1.54, 1.807) is 6.20 Å². The predicted molar refractivity (Wildman–Crippen MR) is 93.3 cm³/mol. The van der Waals surface area contributed by atoms with Gasteiger partial charge in [-0.25, -0.2) is 0 Å². The Kier molecular flexibility index (Phi) is 5.78. The molecule has 0 radical (unpaired) electrons. The van der Waals surface area contributed by atoms with Gasteiger partial charge in [-0.05, 0) is 43.5 Å². The van der Waals surface area contributed by atoms with Crippen molar-refractivity contribution in [1.82, 2.24) is 20.4 Å². The molecule has 2 heterocycles. The standard InChI is InChI=1S/C18H26N4/c1-5-16(18-10-12-20-22(18)4)9-8-14(2)15(3)21-17-7-6-11-19-13-17/h5,8-10,12,17,19,21H,1,3,6-7,11,13H2,2,4H3/b14-8+,16-9+. The summed E-state index contributed by atoms with van der Waals surface area (Å²) in [5.41, 5.74) is 4.21. The predicted octanol–water partition coefficient (Wildman–Crippen LogP) is 2.79. The average Bonchev–Trinajstić information content (AvgIpc) is 2.95. The monoisotopic (exact) mass is 298 g/mol. The molecule has 0 spiro atoms. The summed E-state index contributed by atoms with van der Waals surface area (Å²) in [6, 6.07) is 2.46. The number of hydrogen-bond acceptors (Lipinski definition) is 3. The van der Waals surface area contributed by atoms with Gasteiger partial charge in [0.25, 0.3) is 0 Å². The molecule has 0 amide bonds. The van der Waals surface area contributed by atoms with Crippen molar-refractivity contribution >= 4 is 5.57 Å². The van der Waals surface area contributed by atoms with Crippen LogP contribution in [0.4, 0.5) is 0 Å². The third-order valence-electron chi connectivity index (χ3n) is 4.00. The molecule has 1 atom stereocenters. The lowest BCUT2D eigenvalue weighted by molar-refractivity contribution is 0.416. The van der Waals surface area contributed by atoms with Crippen molar-refractivity contribution in [3.8, 4) is 0 Å². The van der Waals surface area contributed by atoms with E-state index in [0.29, 0.717) is 6.04 Å². The Hall–Kier alpha value is -2.07. The maximum atomic E-state index is 4.20. The first-order valence-corrected chi connectivity index (χ1v) is 7.77. The van der Waals surface area contributed by atoms with Crippen LogP contribution in [0.2, 0.25) is 0 Å². The zero-order valence-electron chi connectivity index (χ0n) is 13.6. The summed E-state index contributed by atoms with van der Waals surface area (Å²) in [5, 5.41) is 11.1. The zero-order chi connectivity index (χ0) is 15.9. The summed E-state index contributed by atoms with van der Waals surface area (Å²) in [5.74, 6) is 0. The molecule has 0 aromatic carbocycles. The summed E-state index contributed by atoms with van der Waals surface area (Å²) < 4.78 is 1.84. The van der Waals surface area contributed by atoms with Crippen molar-refractivity contribution in [2.24, 2.45) is 7.05 Å². The molecule has 2 N–H and O–H groups in total. The molecule has 4 heteroatoms. The molecule has 1 aromatic rings. The van der Waals surface area contributed by atoms with E-state index in [2.05, 4.69) is 48.0 Å². The van der Waals surface area contributed by atoms with Crippen LogP contribution < -0.4 is 10.6 Å². The van der Waals surface area contributed by atoms with E-state index in [9.17, 15) is 0 Å². The maximum Gasteiger partial charge on any atom is 0.0678 e. The van der Waals surface area contributed by atoms with Crippen LogP contribution in [0.15, 0.2) is 54.9 Å². The van der Waals surface area contributed by atoms with Gasteiger partial charge < -0.3 is 10.6 Å². The summed E-state index contributed by atoms with van der Waals surface area (Å²) in [6.07, 6.45) is 10.2. The number of nitrogens with zero attached hydrogens (tertiary/aromatic N) is 2. The molecule has 4 nitrogen and oxygen atoms in total. The summed E-state index contributed by atoms with van der Waals surface area (Å²) in [7, 11) is 1.93. The van der Waals surface area contributed by atoms with Crippen LogP contribution in [-0.2, 0) is 7.05 Å². The smallest absolute Gasteiger partial charge is 0.0678 e. The molecule has 1 aliphatic rings. The average molecular weight is 298 g/mol. The minimum Gasteiger partial charge on any atom is -0.381 e. The quantitative estimate of drug-likeness (QED) is 0.794. The topological polar surface area (TPSA) is 41.9 Å². The minimum atomic E-state index is 0.476. The van der Waals surface area contributed by atoms with E-state index in [4.69, 9.17) is 0 Å². The summed E-state index contributed by atoms with van der Waals surface area (Å²) in [6.45, 7) is 12.2. The molecule has 0 aliphatic carbocycles. The Morgan fingerprint density at radius 3 is 2.91 bits per heavy atom. The lowest BCUT2D eigenvalue weighted by Crippen LogP contribution is -2.42. The molecule has 1 saturated heterocycles. The largest absolute Gasteiger partial charge is 0.381 e. The molecular weight excluding hydrogens is 272 g/mol. The van der Waals surface area contributed by atoms with Crippen LogP contribution in [-0.4, -0.2) is 28.9 Å². The Labute approximate surface area is 133 Å². The van der Waals surface area contributed by atoms with Gasteiger partial charge in [0, 0.05) is 31.5 Å². The molecule has 1 aromatic heterocycles. The molecule has 1 aliphatic heterocycles. The second-order valence-electron chi connectivity index (χ2n) is 5.68. The number of hydrogen-bond donors (Lipinski definition) is 2. The lowest BCUT2D eigenvalue weighted by atomic mass is 10.1. The third-order valence-corrected chi connectivity index (χ3v) is 4.00. The maximum absolute atomic E-state index is 4.20. The van der Waals surface area contributed by atoms with E-state index in [1.807, 2.05) is 23.9 Å². The van der Waals surface area contributed by atoms with Crippen LogP contribution in [0, 0.1) is 0 Å². The fourth-order valence-corrected chi connectivity index (χ4v) is 2.57. The van der Waals surface area contributed by atoms with E-state index < -0.39 is 0 Å². The van der Waals surface area contributed by atoms with Gasteiger partial charge in [-0.3, -0.25) is 4.68 Å². The molecule has 1 fully saturated rings. The van der Waals surface area contributed by atoms with Gasteiger partial charge in [-0.1, -0.05) is 31.4 Å². The van der Waals surface area contributed by atoms with Crippen LogP contribution in [0.3, 0.4) is 0 Å². The highest BCUT2D eigenvalue weighted by molar-refractivity contribution is 5.72. The fourth-order valence-electron chi connectivity index (χ4n) is 2.57. The lowest BCUT2D eigenvalue weighted by Gasteiger charge is -2.26. The van der Waals surface area contributed by atoms with E-state index in [0.717, 1.165) is 35.6 Å². The third kappa shape index (κ3) is 4.21. The van der Waals surface area contributed by atoms with Crippen LogP contribution in [0.1, 0.15) is 25.5 Å². The van der Waals surface area contributed by atoms with Crippen LogP contribution in [0.25, 0.3) is 5.57 Å². The highest BCUT2D eigenvalue weighted by Crippen LogP contribution is 2.16. The second kappa shape index (κ2) is 7.80. The molecule has 0 bridgehead atoms. The fraction of sp³-hybridized carbons (Fsp3) is 0.389. The Morgan fingerprint density at radius 1 is 1.50 bits per heavy atom. The van der Waals surface area contributed by atoms with Crippen LogP contribution >= 0.6 is 0 Å². The normalized spacial score (nSPS) is 19.8. The molecular formula is C18H26N4. The van der Waals surface area contributed by atoms with Gasteiger partial charge in [0.15, 0.2) is 0 Å². The van der Waals surface area contributed by atoms with Crippen LogP contribution in [0.5, 0.6) is 0 Å². The molecule has 0 saturated carbocycles. The van der Waals surface area contributed by atoms with Gasteiger partial charge in [0.2, 0.25) is 0 Å². The van der Waals surface area contributed by atoms with Crippen molar-refractivity contribution in [2.75, 3.05) is 13.1 Å². The first-order chi connectivity index (χ1) is 10.6. The molecule has 22 heavy (non-hydrogen) atoms. The Morgan fingerprint density at radius 2 is 2.32 bits per heavy atom. The molecule has 1 unspecified atom stereocenters.